The van der Waals surface area contributed by atoms with E-state index in [0.717, 1.165) is 37.2 Å². The number of hydrogen-bond donors (Lipinski definition) is 1. The topological polar surface area (TPSA) is 52.2 Å². The van der Waals surface area contributed by atoms with Crippen molar-refractivity contribution >= 4 is 5.91 Å². The lowest BCUT2D eigenvalue weighted by Crippen LogP contribution is -2.47. The van der Waals surface area contributed by atoms with Crippen molar-refractivity contribution in [2.75, 3.05) is 20.1 Å². The number of rotatable bonds is 3. The Kier molecular flexibility index (Phi) is 4.10. The second kappa shape index (κ2) is 6.40. The van der Waals surface area contributed by atoms with Gasteiger partial charge in [0, 0.05) is 24.2 Å². The van der Waals surface area contributed by atoms with E-state index in [4.69, 9.17) is 0 Å². The molecule has 0 unspecified atom stereocenters. The van der Waals surface area contributed by atoms with E-state index in [1.165, 1.54) is 12.8 Å². The highest BCUT2D eigenvalue weighted by atomic mass is 16.2. The van der Waals surface area contributed by atoms with Crippen molar-refractivity contribution in [2.45, 2.75) is 37.8 Å². The minimum atomic E-state index is 0.116. The molecule has 4 rings (SSSR count). The van der Waals surface area contributed by atoms with E-state index in [0.29, 0.717) is 17.6 Å². The van der Waals surface area contributed by atoms with E-state index in [2.05, 4.69) is 27.0 Å². The zero-order chi connectivity index (χ0) is 16.5. The standard InChI is InChI=1S/C19H24N4O/c1-22-11-5-9-16(22)17-10-6-12-23(17)19(24)15-13-20-21-18(15)14-7-3-2-4-8-14/h2-4,7-8,13,16-17H,5-6,9-12H2,1H3,(H,20,21)/t16-,17+/m0/s1. The van der Waals surface area contributed by atoms with Crippen LogP contribution in [0.15, 0.2) is 36.5 Å². The van der Waals surface area contributed by atoms with E-state index < -0.39 is 0 Å². The van der Waals surface area contributed by atoms with Crippen LogP contribution in [0, 0.1) is 0 Å². The molecule has 0 bridgehead atoms. The summed E-state index contributed by atoms with van der Waals surface area (Å²) in [6.45, 7) is 2.00. The molecular weight excluding hydrogens is 300 g/mol. The zero-order valence-corrected chi connectivity index (χ0v) is 14.1. The van der Waals surface area contributed by atoms with Crippen molar-refractivity contribution < 1.29 is 4.79 Å². The van der Waals surface area contributed by atoms with Crippen LogP contribution in [0.5, 0.6) is 0 Å². The number of likely N-dealkylation sites (tertiary alicyclic amines) is 2. The second-order valence-electron chi connectivity index (χ2n) is 6.92. The number of carbonyl (C=O) groups is 1. The molecule has 2 atom stereocenters. The van der Waals surface area contributed by atoms with Gasteiger partial charge in [0.05, 0.1) is 17.5 Å². The molecule has 0 spiro atoms. The lowest BCUT2D eigenvalue weighted by atomic mass is 10.0. The minimum Gasteiger partial charge on any atom is -0.334 e. The van der Waals surface area contributed by atoms with Gasteiger partial charge in [-0.15, -0.1) is 0 Å². The number of nitrogens with one attached hydrogen (secondary N) is 1. The van der Waals surface area contributed by atoms with Crippen molar-refractivity contribution in [3.8, 4) is 11.3 Å². The number of carbonyl (C=O) groups excluding carboxylic acids is 1. The predicted octanol–water partition coefficient (Wildman–Crippen LogP) is 2.78. The summed E-state index contributed by atoms with van der Waals surface area (Å²) in [5.41, 5.74) is 2.52. The Balaban J connectivity index is 1.61. The molecule has 5 nitrogen and oxygen atoms in total. The summed E-state index contributed by atoms with van der Waals surface area (Å²) in [5, 5.41) is 7.16. The first kappa shape index (κ1) is 15.4. The molecule has 2 fully saturated rings. The molecule has 2 aliphatic heterocycles. The van der Waals surface area contributed by atoms with Gasteiger partial charge in [-0.2, -0.15) is 5.10 Å². The molecule has 2 saturated heterocycles. The molecule has 126 valence electrons. The van der Waals surface area contributed by atoms with Crippen molar-refractivity contribution in [2.24, 2.45) is 0 Å². The van der Waals surface area contributed by atoms with Gasteiger partial charge in [-0.05, 0) is 39.3 Å². The molecule has 0 radical (unpaired) electrons. The van der Waals surface area contributed by atoms with Crippen molar-refractivity contribution in [1.29, 1.82) is 0 Å². The smallest absolute Gasteiger partial charge is 0.257 e. The molecule has 1 aromatic heterocycles. The monoisotopic (exact) mass is 324 g/mol. The summed E-state index contributed by atoms with van der Waals surface area (Å²) in [5.74, 6) is 0.116. The average molecular weight is 324 g/mol. The zero-order valence-electron chi connectivity index (χ0n) is 14.1. The number of H-pyrrole nitrogens is 1. The van der Waals surface area contributed by atoms with Crippen LogP contribution in [0.4, 0.5) is 0 Å². The fraction of sp³-hybridized carbons (Fsp3) is 0.474. The molecule has 2 aliphatic rings. The third kappa shape index (κ3) is 2.63. The number of aromatic nitrogens is 2. The number of hydrogen-bond acceptors (Lipinski definition) is 3. The molecule has 1 amide bonds. The Morgan fingerprint density at radius 2 is 1.88 bits per heavy atom. The maximum atomic E-state index is 13.2. The van der Waals surface area contributed by atoms with Gasteiger partial charge in [-0.25, -0.2) is 0 Å². The van der Waals surface area contributed by atoms with Gasteiger partial charge >= 0.3 is 0 Å². The number of benzene rings is 1. The van der Waals surface area contributed by atoms with Gasteiger partial charge < -0.3 is 9.80 Å². The molecule has 24 heavy (non-hydrogen) atoms. The molecule has 2 aromatic rings. The number of aromatic amines is 1. The van der Waals surface area contributed by atoms with Crippen LogP contribution in [-0.4, -0.2) is 58.1 Å². The van der Waals surface area contributed by atoms with Crippen LogP contribution in [0.25, 0.3) is 11.3 Å². The van der Waals surface area contributed by atoms with Crippen molar-refractivity contribution in [3.05, 3.63) is 42.1 Å². The molecule has 5 heteroatoms. The van der Waals surface area contributed by atoms with Crippen LogP contribution >= 0.6 is 0 Å². The summed E-state index contributed by atoms with van der Waals surface area (Å²) >= 11 is 0. The first-order valence-corrected chi connectivity index (χ1v) is 8.85. The Hall–Kier alpha value is -2.14. The van der Waals surface area contributed by atoms with E-state index in [1.807, 2.05) is 30.3 Å². The third-order valence-corrected chi connectivity index (χ3v) is 5.51. The van der Waals surface area contributed by atoms with Gasteiger partial charge in [0.25, 0.3) is 5.91 Å². The summed E-state index contributed by atoms with van der Waals surface area (Å²) in [4.78, 5) is 17.7. The van der Waals surface area contributed by atoms with E-state index in [1.54, 1.807) is 6.20 Å². The normalized spacial score (nSPS) is 24.6. The molecular formula is C19H24N4O. The molecule has 1 aromatic carbocycles. The SMILES string of the molecule is CN1CCC[C@H]1[C@H]1CCCN1C(=O)c1cn[nH]c1-c1ccccc1. The average Bonchev–Trinajstić information content (AvgIpc) is 3.34. The third-order valence-electron chi connectivity index (χ3n) is 5.51. The van der Waals surface area contributed by atoms with Crippen LogP contribution in [0.1, 0.15) is 36.0 Å². The van der Waals surface area contributed by atoms with Gasteiger partial charge in [-0.3, -0.25) is 9.89 Å². The Labute approximate surface area is 142 Å². The first-order chi connectivity index (χ1) is 11.8. The van der Waals surface area contributed by atoms with Crippen LogP contribution in [0.3, 0.4) is 0 Å². The lowest BCUT2D eigenvalue weighted by Gasteiger charge is -2.33. The fourth-order valence-electron chi connectivity index (χ4n) is 4.29. The fourth-order valence-corrected chi connectivity index (χ4v) is 4.29. The Morgan fingerprint density at radius 3 is 2.62 bits per heavy atom. The van der Waals surface area contributed by atoms with Crippen molar-refractivity contribution in [1.82, 2.24) is 20.0 Å². The van der Waals surface area contributed by atoms with Crippen LogP contribution in [0.2, 0.25) is 0 Å². The summed E-state index contributed by atoms with van der Waals surface area (Å²) in [6.07, 6.45) is 6.32. The van der Waals surface area contributed by atoms with Crippen LogP contribution < -0.4 is 0 Å². The van der Waals surface area contributed by atoms with Crippen molar-refractivity contribution in [3.63, 3.8) is 0 Å². The largest absolute Gasteiger partial charge is 0.334 e. The van der Waals surface area contributed by atoms with Crippen LogP contribution in [-0.2, 0) is 0 Å². The molecule has 3 heterocycles. The maximum Gasteiger partial charge on any atom is 0.257 e. The van der Waals surface area contributed by atoms with E-state index in [9.17, 15) is 4.79 Å². The summed E-state index contributed by atoms with van der Waals surface area (Å²) in [6, 6.07) is 10.8. The highest BCUT2D eigenvalue weighted by molar-refractivity contribution is 6.00. The predicted molar refractivity (Wildman–Crippen MR) is 93.7 cm³/mol. The highest BCUT2D eigenvalue weighted by Crippen LogP contribution is 2.31. The molecule has 0 aliphatic carbocycles. The van der Waals surface area contributed by atoms with Gasteiger partial charge in [-0.1, -0.05) is 30.3 Å². The molecule has 1 N–H and O–H groups in total. The second-order valence-corrected chi connectivity index (χ2v) is 6.92. The Bertz CT molecular complexity index is 711. The maximum absolute atomic E-state index is 13.2. The van der Waals surface area contributed by atoms with Gasteiger partial charge in [0.15, 0.2) is 0 Å². The first-order valence-electron chi connectivity index (χ1n) is 8.85. The van der Waals surface area contributed by atoms with E-state index >= 15 is 0 Å². The van der Waals surface area contributed by atoms with E-state index in [-0.39, 0.29) is 5.91 Å². The number of likely N-dealkylation sites (N-methyl/N-ethyl adjacent to an activating group) is 1. The quantitative estimate of drug-likeness (QED) is 0.944. The highest BCUT2D eigenvalue weighted by Gasteiger charge is 2.39. The minimum absolute atomic E-state index is 0.116. The van der Waals surface area contributed by atoms with Gasteiger partial charge in [0.2, 0.25) is 0 Å². The summed E-state index contributed by atoms with van der Waals surface area (Å²) < 4.78 is 0. The van der Waals surface area contributed by atoms with Gasteiger partial charge in [0.1, 0.15) is 0 Å². The lowest BCUT2D eigenvalue weighted by molar-refractivity contribution is 0.0665. The number of amides is 1. The number of nitrogens with zero attached hydrogens (tertiary/aromatic N) is 3. The molecule has 0 saturated carbocycles. The Morgan fingerprint density at radius 1 is 1.12 bits per heavy atom. The summed E-state index contributed by atoms with van der Waals surface area (Å²) in [7, 11) is 2.19.